The van der Waals surface area contributed by atoms with Crippen LogP contribution in [0.15, 0.2) is 22.7 Å². The third kappa shape index (κ3) is 3.56. The van der Waals surface area contributed by atoms with Gasteiger partial charge in [-0.25, -0.2) is 4.39 Å². The number of hydrogen-bond acceptors (Lipinski definition) is 2. The summed E-state index contributed by atoms with van der Waals surface area (Å²) in [6, 6.07) is 5.49. The molecule has 0 saturated carbocycles. The minimum Gasteiger partial charge on any atom is -0.329 e. The van der Waals surface area contributed by atoms with Gasteiger partial charge in [-0.15, -0.1) is 0 Å². The van der Waals surface area contributed by atoms with E-state index in [4.69, 9.17) is 5.73 Å². The van der Waals surface area contributed by atoms with Gasteiger partial charge in [-0.05, 0) is 58.9 Å². The van der Waals surface area contributed by atoms with Gasteiger partial charge in [0.05, 0.1) is 4.47 Å². The van der Waals surface area contributed by atoms with E-state index in [9.17, 15) is 4.39 Å². The summed E-state index contributed by atoms with van der Waals surface area (Å²) in [5, 5.41) is 0. The van der Waals surface area contributed by atoms with Gasteiger partial charge in [-0.3, -0.25) is 4.90 Å². The molecule has 1 fully saturated rings. The van der Waals surface area contributed by atoms with E-state index in [1.165, 1.54) is 19.3 Å². The lowest BCUT2D eigenvalue weighted by atomic mass is 10.0. The fourth-order valence-corrected chi connectivity index (χ4v) is 3.25. The molecule has 1 aromatic carbocycles. The molecule has 1 aliphatic rings. The second-order valence-electron chi connectivity index (χ2n) is 5.36. The van der Waals surface area contributed by atoms with E-state index >= 15 is 0 Å². The summed E-state index contributed by atoms with van der Waals surface area (Å²) < 4.78 is 14.2. The van der Waals surface area contributed by atoms with Crippen LogP contribution in [0.2, 0.25) is 0 Å². The maximum Gasteiger partial charge on any atom is 0.137 e. The standard InChI is InChI=1S/C15H22BrFN2/c1-2-3-11-6-7-19(10-11)15(9-18)12-4-5-13(16)14(17)8-12/h4-5,8,11,15H,2-3,6-7,9-10,18H2,1H3. The van der Waals surface area contributed by atoms with Gasteiger partial charge in [0, 0.05) is 19.1 Å². The van der Waals surface area contributed by atoms with Crippen molar-refractivity contribution in [2.24, 2.45) is 11.7 Å². The van der Waals surface area contributed by atoms with E-state index in [1.807, 2.05) is 6.07 Å². The average Bonchev–Trinajstić information content (AvgIpc) is 2.83. The number of nitrogens with zero attached hydrogens (tertiary/aromatic N) is 1. The summed E-state index contributed by atoms with van der Waals surface area (Å²) in [7, 11) is 0. The Morgan fingerprint density at radius 3 is 2.95 bits per heavy atom. The molecular weight excluding hydrogens is 307 g/mol. The first kappa shape index (κ1) is 14.9. The van der Waals surface area contributed by atoms with Crippen LogP contribution < -0.4 is 5.73 Å². The topological polar surface area (TPSA) is 29.3 Å². The molecule has 0 aliphatic carbocycles. The minimum absolute atomic E-state index is 0.143. The Labute approximate surface area is 123 Å². The van der Waals surface area contributed by atoms with Crippen molar-refractivity contribution in [2.75, 3.05) is 19.6 Å². The summed E-state index contributed by atoms with van der Waals surface area (Å²) >= 11 is 3.19. The summed E-state index contributed by atoms with van der Waals surface area (Å²) in [6.45, 7) is 4.94. The largest absolute Gasteiger partial charge is 0.329 e. The lowest BCUT2D eigenvalue weighted by Gasteiger charge is -2.27. The number of hydrogen-bond donors (Lipinski definition) is 1. The van der Waals surface area contributed by atoms with Gasteiger partial charge >= 0.3 is 0 Å². The zero-order chi connectivity index (χ0) is 13.8. The number of nitrogens with two attached hydrogens (primary N) is 1. The third-order valence-electron chi connectivity index (χ3n) is 4.01. The highest BCUT2D eigenvalue weighted by Crippen LogP contribution is 2.30. The number of likely N-dealkylation sites (tertiary alicyclic amines) is 1. The van der Waals surface area contributed by atoms with Gasteiger partial charge in [-0.1, -0.05) is 19.4 Å². The lowest BCUT2D eigenvalue weighted by Crippen LogP contribution is -2.32. The fraction of sp³-hybridized carbons (Fsp3) is 0.600. The monoisotopic (exact) mass is 328 g/mol. The van der Waals surface area contributed by atoms with Crippen LogP contribution in [0.1, 0.15) is 37.8 Å². The van der Waals surface area contributed by atoms with E-state index in [2.05, 4.69) is 27.8 Å². The van der Waals surface area contributed by atoms with Crippen LogP contribution in [0.5, 0.6) is 0 Å². The normalized spacial score (nSPS) is 21.8. The molecule has 19 heavy (non-hydrogen) atoms. The van der Waals surface area contributed by atoms with Crippen molar-refractivity contribution in [3.63, 3.8) is 0 Å². The molecule has 0 amide bonds. The second-order valence-corrected chi connectivity index (χ2v) is 6.22. The molecule has 1 aliphatic heterocycles. The zero-order valence-corrected chi connectivity index (χ0v) is 13.0. The Hall–Kier alpha value is -0.450. The Bertz CT molecular complexity index is 425. The molecule has 1 heterocycles. The number of halogens is 2. The first-order valence-electron chi connectivity index (χ1n) is 7.04. The van der Waals surface area contributed by atoms with E-state index in [1.54, 1.807) is 12.1 Å². The van der Waals surface area contributed by atoms with Crippen molar-refractivity contribution >= 4 is 15.9 Å². The van der Waals surface area contributed by atoms with Crippen LogP contribution in [0, 0.1) is 11.7 Å². The molecule has 2 rings (SSSR count). The van der Waals surface area contributed by atoms with Gasteiger partial charge in [0.2, 0.25) is 0 Å². The Balaban J connectivity index is 2.09. The molecule has 2 nitrogen and oxygen atoms in total. The Kier molecular flexibility index (Phi) is 5.37. The maximum absolute atomic E-state index is 13.7. The zero-order valence-electron chi connectivity index (χ0n) is 11.4. The van der Waals surface area contributed by atoms with Crippen molar-refractivity contribution in [1.82, 2.24) is 4.90 Å². The smallest absolute Gasteiger partial charge is 0.137 e. The van der Waals surface area contributed by atoms with Crippen molar-refractivity contribution in [3.8, 4) is 0 Å². The highest BCUT2D eigenvalue weighted by atomic mass is 79.9. The molecule has 0 radical (unpaired) electrons. The summed E-state index contributed by atoms with van der Waals surface area (Å²) in [5.41, 5.74) is 6.90. The van der Waals surface area contributed by atoms with Gasteiger partial charge in [0.15, 0.2) is 0 Å². The predicted octanol–water partition coefficient (Wildman–Crippen LogP) is 3.71. The van der Waals surface area contributed by atoms with Gasteiger partial charge in [0.25, 0.3) is 0 Å². The van der Waals surface area contributed by atoms with E-state index in [0.29, 0.717) is 11.0 Å². The molecule has 0 aromatic heterocycles. The van der Waals surface area contributed by atoms with Crippen LogP contribution in [0.3, 0.4) is 0 Å². The van der Waals surface area contributed by atoms with Crippen molar-refractivity contribution < 1.29 is 4.39 Å². The molecule has 2 unspecified atom stereocenters. The van der Waals surface area contributed by atoms with Gasteiger partial charge in [-0.2, -0.15) is 0 Å². The minimum atomic E-state index is -0.208. The molecule has 0 bridgehead atoms. The van der Waals surface area contributed by atoms with Crippen LogP contribution >= 0.6 is 15.9 Å². The van der Waals surface area contributed by atoms with E-state index in [-0.39, 0.29) is 11.9 Å². The highest BCUT2D eigenvalue weighted by Gasteiger charge is 2.28. The molecule has 1 aromatic rings. The Morgan fingerprint density at radius 1 is 1.53 bits per heavy atom. The molecule has 2 atom stereocenters. The van der Waals surface area contributed by atoms with E-state index in [0.717, 1.165) is 24.6 Å². The molecule has 4 heteroatoms. The van der Waals surface area contributed by atoms with Gasteiger partial charge in [0.1, 0.15) is 5.82 Å². The second kappa shape index (κ2) is 6.82. The van der Waals surface area contributed by atoms with Crippen molar-refractivity contribution in [3.05, 3.63) is 34.1 Å². The summed E-state index contributed by atoms with van der Waals surface area (Å²) in [4.78, 5) is 2.41. The van der Waals surface area contributed by atoms with Crippen LogP contribution in [-0.4, -0.2) is 24.5 Å². The number of rotatable bonds is 5. The number of benzene rings is 1. The summed E-state index contributed by atoms with van der Waals surface area (Å²) in [6.07, 6.45) is 3.75. The quantitative estimate of drug-likeness (QED) is 0.892. The average molecular weight is 329 g/mol. The van der Waals surface area contributed by atoms with Crippen LogP contribution in [-0.2, 0) is 0 Å². The van der Waals surface area contributed by atoms with Crippen LogP contribution in [0.4, 0.5) is 4.39 Å². The van der Waals surface area contributed by atoms with Gasteiger partial charge < -0.3 is 5.73 Å². The maximum atomic E-state index is 13.7. The first-order chi connectivity index (χ1) is 9.15. The molecule has 106 valence electrons. The Morgan fingerprint density at radius 2 is 2.32 bits per heavy atom. The molecular formula is C15H22BrFN2. The SMILES string of the molecule is CCCC1CCN(C(CN)c2ccc(Br)c(F)c2)C1. The summed E-state index contributed by atoms with van der Waals surface area (Å²) in [5.74, 6) is 0.569. The highest BCUT2D eigenvalue weighted by molar-refractivity contribution is 9.10. The lowest BCUT2D eigenvalue weighted by molar-refractivity contribution is 0.239. The fourth-order valence-electron chi connectivity index (χ4n) is 3.01. The molecule has 0 spiro atoms. The molecule has 1 saturated heterocycles. The van der Waals surface area contributed by atoms with Crippen molar-refractivity contribution in [1.29, 1.82) is 0 Å². The molecule has 2 N–H and O–H groups in total. The van der Waals surface area contributed by atoms with E-state index < -0.39 is 0 Å². The third-order valence-corrected chi connectivity index (χ3v) is 4.65. The predicted molar refractivity (Wildman–Crippen MR) is 80.5 cm³/mol. The first-order valence-corrected chi connectivity index (χ1v) is 7.84. The van der Waals surface area contributed by atoms with Crippen molar-refractivity contribution in [2.45, 2.75) is 32.2 Å². The van der Waals surface area contributed by atoms with Crippen LogP contribution in [0.25, 0.3) is 0 Å².